The Kier molecular flexibility index (Phi) is 6.28. The number of aromatic nitrogens is 1. The summed E-state index contributed by atoms with van der Waals surface area (Å²) in [6.45, 7) is 3.75. The second kappa shape index (κ2) is 9.52. The van der Waals surface area contributed by atoms with E-state index in [-0.39, 0.29) is 12.2 Å². The standard InChI is InChI=1S/C27H21ClN2O4S/c1-3-33-26(32)23-16(2)29-27-30(24(23)17-9-5-4-6-10-17)25(31)22(35-27)15-18-13-14-21(34-18)19-11-7-8-12-20(19)28/h4-15,24H,3H2,1-2H3/t24-/m0/s1. The molecule has 0 fully saturated rings. The van der Waals surface area contributed by atoms with Crippen LogP contribution in [0.4, 0.5) is 0 Å². The minimum Gasteiger partial charge on any atom is -0.463 e. The molecule has 5 rings (SSSR count). The first kappa shape index (κ1) is 23.1. The third kappa shape index (κ3) is 4.29. The third-order valence-electron chi connectivity index (χ3n) is 5.67. The van der Waals surface area contributed by atoms with Gasteiger partial charge < -0.3 is 9.15 Å². The average molecular weight is 505 g/mol. The van der Waals surface area contributed by atoms with E-state index in [4.69, 9.17) is 20.8 Å². The van der Waals surface area contributed by atoms with Gasteiger partial charge in [-0.15, -0.1) is 0 Å². The number of hydrogen-bond acceptors (Lipinski definition) is 6. The quantitative estimate of drug-likeness (QED) is 0.369. The number of esters is 1. The van der Waals surface area contributed by atoms with E-state index in [1.54, 1.807) is 36.6 Å². The van der Waals surface area contributed by atoms with Crippen LogP contribution >= 0.6 is 22.9 Å². The minimum absolute atomic E-state index is 0.230. The van der Waals surface area contributed by atoms with Gasteiger partial charge in [0.2, 0.25) is 0 Å². The molecule has 0 unspecified atom stereocenters. The van der Waals surface area contributed by atoms with Gasteiger partial charge in [0.1, 0.15) is 11.5 Å². The van der Waals surface area contributed by atoms with Crippen molar-refractivity contribution in [2.24, 2.45) is 4.99 Å². The van der Waals surface area contributed by atoms with Crippen LogP contribution < -0.4 is 14.9 Å². The molecule has 1 atom stereocenters. The first-order valence-corrected chi connectivity index (χ1v) is 12.3. The van der Waals surface area contributed by atoms with Gasteiger partial charge in [0, 0.05) is 11.6 Å². The summed E-state index contributed by atoms with van der Waals surface area (Å²) in [6.07, 6.45) is 1.69. The SMILES string of the molecule is CCOC(=O)C1=C(C)N=c2sc(=Cc3ccc(-c4ccccc4Cl)o3)c(=O)n2[C@H]1c1ccccc1. The summed E-state index contributed by atoms with van der Waals surface area (Å²) in [5.74, 6) is 0.646. The molecule has 0 radical (unpaired) electrons. The van der Waals surface area contributed by atoms with Gasteiger partial charge in [-0.05, 0) is 43.7 Å². The number of hydrogen-bond donors (Lipinski definition) is 0. The summed E-state index contributed by atoms with van der Waals surface area (Å²) < 4.78 is 13.3. The minimum atomic E-state index is -0.635. The van der Waals surface area contributed by atoms with E-state index in [9.17, 15) is 9.59 Å². The number of thiazole rings is 1. The fourth-order valence-electron chi connectivity index (χ4n) is 4.11. The van der Waals surface area contributed by atoms with Crippen molar-refractivity contribution in [1.29, 1.82) is 0 Å². The van der Waals surface area contributed by atoms with E-state index >= 15 is 0 Å². The van der Waals surface area contributed by atoms with Crippen LogP contribution in [0.2, 0.25) is 5.02 Å². The number of benzene rings is 2. The van der Waals surface area contributed by atoms with Crippen LogP contribution in [0.3, 0.4) is 0 Å². The van der Waals surface area contributed by atoms with Crippen molar-refractivity contribution in [2.75, 3.05) is 6.61 Å². The molecule has 176 valence electrons. The Hall–Kier alpha value is -3.68. The van der Waals surface area contributed by atoms with Crippen molar-refractivity contribution < 1.29 is 13.9 Å². The number of carbonyl (C=O) groups excluding carboxylic acids is 1. The number of nitrogens with zero attached hydrogens (tertiary/aromatic N) is 2. The van der Waals surface area contributed by atoms with Crippen LogP contribution in [-0.4, -0.2) is 17.1 Å². The molecule has 0 saturated heterocycles. The fraction of sp³-hybridized carbons (Fsp3) is 0.148. The van der Waals surface area contributed by atoms with Gasteiger partial charge in [0.15, 0.2) is 4.80 Å². The van der Waals surface area contributed by atoms with Crippen LogP contribution in [-0.2, 0) is 9.53 Å². The Morgan fingerprint density at radius 3 is 2.63 bits per heavy atom. The molecule has 2 aromatic carbocycles. The molecule has 35 heavy (non-hydrogen) atoms. The molecule has 3 heterocycles. The maximum absolute atomic E-state index is 13.6. The number of carbonyl (C=O) groups is 1. The zero-order valence-electron chi connectivity index (χ0n) is 19.0. The average Bonchev–Trinajstić information content (AvgIpc) is 3.43. The van der Waals surface area contributed by atoms with Crippen molar-refractivity contribution in [3.8, 4) is 11.3 Å². The molecule has 1 aliphatic heterocycles. The number of ether oxygens (including phenoxy) is 1. The lowest BCUT2D eigenvalue weighted by atomic mass is 9.96. The van der Waals surface area contributed by atoms with Crippen LogP contribution in [0.1, 0.15) is 31.2 Å². The van der Waals surface area contributed by atoms with Crippen molar-refractivity contribution in [2.45, 2.75) is 19.9 Å². The molecule has 0 aliphatic carbocycles. The molecule has 0 saturated carbocycles. The molecule has 8 heteroatoms. The van der Waals surface area contributed by atoms with Gasteiger partial charge >= 0.3 is 5.97 Å². The van der Waals surface area contributed by atoms with E-state index in [1.807, 2.05) is 54.6 Å². The van der Waals surface area contributed by atoms with Crippen LogP contribution in [0.25, 0.3) is 17.4 Å². The molecule has 0 amide bonds. The number of furan rings is 1. The van der Waals surface area contributed by atoms with Gasteiger partial charge in [0.25, 0.3) is 5.56 Å². The Labute approximate surface area is 210 Å². The van der Waals surface area contributed by atoms with Gasteiger partial charge in [-0.25, -0.2) is 9.79 Å². The van der Waals surface area contributed by atoms with Crippen LogP contribution in [0.15, 0.2) is 92.2 Å². The van der Waals surface area contributed by atoms with E-state index < -0.39 is 12.0 Å². The molecular weight excluding hydrogens is 484 g/mol. The van der Waals surface area contributed by atoms with E-state index in [1.165, 1.54) is 11.3 Å². The maximum Gasteiger partial charge on any atom is 0.338 e. The largest absolute Gasteiger partial charge is 0.463 e. The summed E-state index contributed by atoms with van der Waals surface area (Å²) in [7, 11) is 0. The van der Waals surface area contributed by atoms with Gasteiger partial charge in [-0.3, -0.25) is 9.36 Å². The zero-order chi connectivity index (χ0) is 24.5. The molecule has 2 aromatic heterocycles. The Balaban J connectivity index is 1.64. The van der Waals surface area contributed by atoms with Crippen LogP contribution in [0.5, 0.6) is 0 Å². The summed E-state index contributed by atoms with van der Waals surface area (Å²) in [5, 5.41) is 0.581. The first-order chi connectivity index (χ1) is 17.0. The molecule has 6 nitrogen and oxygen atoms in total. The first-order valence-electron chi connectivity index (χ1n) is 11.1. The van der Waals surface area contributed by atoms with Crippen molar-refractivity contribution >= 4 is 35.0 Å². The Morgan fingerprint density at radius 1 is 1.14 bits per heavy atom. The van der Waals surface area contributed by atoms with Crippen molar-refractivity contribution in [1.82, 2.24) is 4.57 Å². The third-order valence-corrected chi connectivity index (χ3v) is 6.98. The second-order valence-corrected chi connectivity index (χ2v) is 9.31. The molecule has 4 aromatic rings. The summed E-state index contributed by atoms with van der Waals surface area (Å²) in [6, 6.07) is 19.8. The Bertz CT molecular complexity index is 1630. The molecule has 0 N–H and O–H groups in total. The highest BCUT2D eigenvalue weighted by Crippen LogP contribution is 2.31. The van der Waals surface area contributed by atoms with E-state index in [0.29, 0.717) is 37.1 Å². The molecule has 0 spiro atoms. The van der Waals surface area contributed by atoms with Crippen LogP contribution in [0, 0.1) is 0 Å². The second-order valence-electron chi connectivity index (χ2n) is 7.89. The normalized spacial score (nSPS) is 15.6. The highest BCUT2D eigenvalue weighted by molar-refractivity contribution is 7.07. The molecule has 1 aliphatic rings. The van der Waals surface area contributed by atoms with E-state index in [0.717, 1.165) is 11.1 Å². The number of rotatable bonds is 5. The Morgan fingerprint density at radius 2 is 1.89 bits per heavy atom. The fourth-order valence-corrected chi connectivity index (χ4v) is 5.36. The van der Waals surface area contributed by atoms with E-state index in [2.05, 4.69) is 4.99 Å². The topological polar surface area (TPSA) is 73.8 Å². The predicted molar refractivity (Wildman–Crippen MR) is 136 cm³/mol. The lowest BCUT2D eigenvalue weighted by Gasteiger charge is -2.24. The van der Waals surface area contributed by atoms with Gasteiger partial charge in [0.05, 0.1) is 33.5 Å². The monoisotopic (exact) mass is 504 g/mol. The molecule has 0 bridgehead atoms. The maximum atomic E-state index is 13.6. The summed E-state index contributed by atoms with van der Waals surface area (Å²) >= 11 is 7.55. The number of halogens is 1. The lowest BCUT2D eigenvalue weighted by molar-refractivity contribution is -0.139. The highest BCUT2D eigenvalue weighted by atomic mass is 35.5. The van der Waals surface area contributed by atoms with Crippen molar-refractivity contribution in [3.05, 3.63) is 114 Å². The summed E-state index contributed by atoms with van der Waals surface area (Å²) in [5.41, 5.74) is 2.21. The van der Waals surface area contributed by atoms with Gasteiger partial charge in [-0.2, -0.15) is 0 Å². The summed E-state index contributed by atoms with van der Waals surface area (Å²) in [4.78, 5) is 31.6. The smallest absolute Gasteiger partial charge is 0.338 e. The highest BCUT2D eigenvalue weighted by Gasteiger charge is 2.33. The molecular formula is C27H21ClN2O4S. The number of fused-ring (bicyclic) bond motifs is 1. The van der Waals surface area contributed by atoms with Crippen molar-refractivity contribution in [3.63, 3.8) is 0 Å². The van der Waals surface area contributed by atoms with Gasteiger partial charge in [-0.1, -0.05) is 65.4 Å². The number of allylic oxidation sites excluding steroid dienone is 1. The lowest BCUT2D eigenvalue weighted by Crippen LogP contribution is -2.39. The predicted octanol–water partition coefficient (Wildman–Crippen LogP) is 4.71. The zero-order valence-corrected chi connectivity index (χ0v) is 20.6.